The molecule has 1 aromatic heterocycles. The summed E-state index contributed by atoms with van der Waals surface area (Å²) in [5, 5.41) is 12.7. The normalized spacial score (nSPS) is 19.4. The van der Waals surface area contributed by atoms with Crippen LogP contribution in [0.5, 0.6) is 5.75 Å². The van der Waals surface area contributed by atoms with E-state index in [2.05, 4.69) is 11.4 Å². The fourth-order valence-corrected chi connectivity index (χ4v) is 3.95. The van der Waals surface area contributed by atoms with Crippen molar-refractivity contribution >= 4 is 11.3 Å². The second kappa shape index (κ2) is 5.54. The Morgan fingerprint density at radius 3 is 3.00 bits per heavy atom. The van der Waals surface area contributed by atoms with Crippen LogP contribution in [0.1, 0.15) is 40.9 Å². The predicted molar refractivity (Wildman–Crippen MR) is 77.9 cm³/mol. The van der Waals surface area contributed by atoms with Crippen LogP contribution in [-0.4, -0.2) is 12.2 Å². The van der Waals surface area contributed by atoms with Crippen molar-refractivity contribution in [2.24, 2.45) is 0 Å². The molecule has 0 aliphatic heterocycles. The van der Waals surface area contributed by atoms with Gasteiger partial charge in [0.15, 0.2) is 11.6 Å². The lowest BCUT2D eigenvalue weighted by molar-refractivity contribution is 0.136. The molecule has 2 aromatic rings. The number of hydrogen-bond acceptors (Lipinski definition) is 3. The summed E-state index contributed by atoms with van der Waals surface area (Å²) in [7, 11) is 1.44. The molecule has 1 N–H and O–H groups in total. The van der Waals surface area contributed by atoms with Gasteiger partial charge in [-0.15, -0.1) is 11.3 Å². The third-order valence-corrected chi connectivity index (χ3v) is 4.99. The van der Waals surface area contributed by atoms with E-state index in [1.54, 1.807) is 23.5 Å². The fraction of sp³-hybridized carbons (Fsp3) is 0.375. The van der Waals surface area contributed by atoms with Crippen LogP contribution in [0.4, 0.5) is 4.39 Å². The molecule has 0 saturated heterocycles. The van der Waals surface area contributed by atoms with Crippen molar-refractivity contribution in [1.82, 2.24) is 0 Å². The Kier molecular flexibility index (Phi) is 3.76. The number of hydrogen-bond donors (Lipinski definition) is 1. The standard InChI is InChI=1S/C16H17FO2S/c1-19-14-6-5-10(9-13(14)17)16(18)12-3-2-4-15-11(12)7-8-20-15/h5-9,12,16,18H,2-4H2,1H3. The maximum absolute atomic E-state index is 13.8. The molecule has 4 heteroatoms. The van der Waals surface area contributed by atoms with E-state index in [1.807, 2.05) is 0 Å². The van der Waals surface area contributed by atoms with Gasteiger partial charge in [0, 0.05) is 10.8 Å². The largest absolute Gasteiger partial charge is 0.494 e. The predicted octanol–water partition coefficient (Wildman–Crippen LogP) is 4.05. The maximum atomic E-state index is 13.8. The van der Waals surface area contributed by atoms with E-state index >= 15 is 0 Å². The van der Waals surface area contributed by atoms with Crippen molar-refractivity contribution < 1.29 is 14.2 Å². The van der Waals surface area contributed by atoms with Gasteiger partial charge in [0.05, 0.1) is 13.2 Å². The van der Waals surface area contributed by atoms with E-state index < -0.39 is 11.9 Å². The Bertz CT molecular complexity index is 608. The molecule has 1 aliphatic carbocycles. The maximum Gasteiger partial charge on any atom is 0.165 e. The highest BCUT2D eigenvalue weighted by molar-refractivity contribution is 7.10. The Balaban J connectivity index is 1.90. The summed E-state index contributed by atoms with van der Waals surface area (Å²) in [4.78, 5) is 1.36. The molecule has 2 atom stereocenters. The van der Waals surface area contributed by atoms with E-state index in [4.69, 9.17) is 4.74 Å². The minimum Gasteiger partial charge on any atom is -0.494 e. The highest BCUT2D eigenvalue weighted by Gasteiger charge is 2.28. The van der Waals surface area contributed by atoms with E-state index in [-0.39, 0.29) is 11.7 Å². The van der Waals surface area contributed by atoms with Crippen molar-refractivity contribution in [2.75, 3.05) is 7.11 Å². The molecule has 20 heavy (non-hydrogen) atoms. The van der Waals surface area contributed by atoms with Gasteiger partial charge < -0.3 is 9.84 Å². The quantitative estimate of drug-likeness (QED) is 0.925. The fourth-order valence-electron chi connectivity index (χ4n) is 2.95. The van der Waals surface area contributed by atoms with Crippen LogP contribution < -0.4 is 4.74 Å². The Morgan fingerprint density at radius 1 is 1.40 bits per heavy atom. The molecule has 1 aliphatic rings. The first kappa shape index (κ1) is 13.6. The molecular formula is C16H17FO2S. The highest BCUT2D eigenvalue weighted by atomic mass is 32.1. The monoisotopic (exact) mass is 292 g/mol. The molecule has 2 nitrogen and oxygen atoms in total. The topological polar surface area (TPSA) is 29.5 Å². The van der Waals surface area contributed by atoms with Gasteiger partial charge in [-0.1, -0.05) is 6.07 Å². The summed E-state index contributed by atoms with van der Waals surface area (Å²) >= 11 is 1.75. The minimum atomic E-state index is -0.663. The number of aliphatic hydroxyl groups is 1. The zero-order chi connectivity index (χ0) is 14.1. The highest BCUT2D eigenvalue weighted by Crippen LogP contribution is 2.42. The van der Waals surface area contributed by atoms with Crippen LogP contribution in [0.3, 0.4) is 0 Å². The SMILES string of the molecule is COc1ccc(C(O)C2CCCc3sccc32)cc1F. The molecular weight excluding hydrogens is 275 g/mol. The van der Waals surface area contributed by atoms with Crippen LogP contribution in [0.25, 0.3) is 0 Å². The number of rotatable bonds is 3. The Hall–Kier alpha value is -1.39. The lowest BCUT2D eigenvalue weighted by atomic mass is 9.81. The molecule has 0 bridgehead atoms. The molecule has 3 rings (SSSR count). The van der Waals surface area contributed by atoms with Gasteiger partial charge in [0.25, 0.3) is 0 Å². The molecule has 2 unspecified atom stereocenters. The van der Waals surface area contributed by atoms with E-state index in [9.17, 15) is 9.50 Å². The van der Waals surface area contributed by atoms with Gasteiger partial charge in [-0.3, -0.25) is 0 Å². The Labute approximate surface area is 121 Å². The van der Waals surface area contributed by atoms with Crippen molar-refractivity contribution in [3.8, 4) is 5.75 Å². The summed E-state index contributed by atoms with van der Waals surface area (Å²) in [5.41, 5.74) is 1.84. The number of aliphatic hydroxyl groups excluding tert-OH is 1. The van der Waals surface area contributed by atoms with Crippen LogP contribution in [0.2, 0.25) is 0 Å². The van der Waals surface area contributed by atoms with Gasteiger partial charge in [0.2, 0.25) is 0 Å². The first-order chi connectivity index (χ1) is 9.70. The van der Waals surface area contributed by atoms with E-state index in [0.717, 1.165) is 19.3 Å². The summed E-state index contributed by atoms with van der Waals surface area (Å²) in [6.07, 6.45) is 2.45. The molecule has 0 spiro atoms. The third kappa shape index (κ3) is 2.34. The van der Waals surface area contributed by atoms with Gasteiger partial charge in [-0.25, -0.2) is 4.39 Å². The molecule has 1 aromatic carbocycles. The molecule has 0 radical (unpaired) electrons. The summed E-state index contributed by atoms with van der Waals surface area (Å²) in [6, 6.07) is 6.79. The number of methoxy groups -OCH3 is 1. The molecule has 1 heterocycles. The average molecular weight is 292 g/mol. The third-order valence-electron chi connectivity index (χ3n) is 4.00. The van der Waals surface area contributed by atoms with Gasteiger partial charge in [0.1, 0.15) is 0 Å². The number of halogens is 1. The van der Waals surface area contributed by atoms with Gasteiger partial charge in [-0.05, 0) is 54.0 Å². The molecule has 0 saturated carbocycles. The lowest BCUT2D eigenvalue weighted by Crippen LogP contribution is -2.15. The molecule has 106 valence electrons. The van der Waals surface area contributed by atoms with Crippen LogP contribution in [0, 0.1) is 5.82 Å². The smallest absolute Gasteiger partial charge is 0.165 e. The van der Waals surface area contributed by atoms with Crippen molar-refractivity contribution in [2.45, 2.75) is 31.3 Å². The van der Waals surface area contributed by atoms with E-state index in [1.165, 1.54) is 23.6 Å². The van der Waals surface area contributed by atoms with Gasteiger partial charge in [-0.2, -0.15) is 0 Å². The summed E-state index contributed by atoms with van der Waals surface area (Å²) in [6.45, 7) is 0. The van der Waals surface area contributed by atoms with Crippen LogP contribution >= 0.6 is 11.3 Å². The number of benzene rings is 1. The average Bonchev–Trinajstić information content (AvgIpc) is 2.94. The van der Waals surface area contributed by atoms with Crippen LogP contribution in [-0.2, 0) is 6.42 Å². The number of ether oxygens (including phenoxy) is 1. The zero-order valence-electron chi connectivity index (χ0n) is 11.3. The number of fused-ring (bicyclic) bond motifs is 1. The number of thiophene rings is 1. The zero-order valence-corrected chi connectivity index (χ0v) is 12.1. The van der Waals surface area contributed by atoms with Gasteiger partial charge >= 0.3 is 0 Å². The first-order valence-electron chi connectivity index (χ1n) is 6.78. The summed E-state index contributed by atoms with van der Waals surface area (Å²) in [5.74, 6) is -0.149. The van der Waals surface area contributed by atoms with Crippen molar-refractivity contribution in [3.05, 3.63) is 51.5 Å². The second-order valence-corrected chi connectivity index (χ2v) is 6.14. The number of aryl methyl sites for hydroxylation is 1. The first-order valence-corrected chi connectivity index (χ1v) is 7.66. The second-order valence-electron chi connectivity index (χ2n) is 5.14. The molecule has 0 amide bonds. The molecule has 0 fully saturated rings. The summed E-state index contributed by atoms with van der Waals surface area (Å²) < 4.78 is 18.7. The van der Waals surface area contributed by atoms with Crippen molar-refractivity contribution in [3.63, 3.8) is 0 Å². The van der Waals surface area contributed by atoms with Crippen molar-refractivity contribution in [1.29, 1.82) is 0 Å². The minimum absolute atomic E-state index is 0.0674. The van der Waals surface area contributed by atoms with Crippen LogP contribution in [0.15, 0.2) is 29.6 Å². The lowest BCUT2D eigenvalue weighted by Gasteiger charge is -2.27. The Morgan fingerprint density at radius 2 is 2.25 bits per heavy atom. The van der Waals surface area contributed by atoms with E-state index in [0.29, 0.717) is 5.56 Å².